The van der Waals surface area contributed by atoms with Crippen LogP contribution in [0.4, 0.5) is 11.5 Å². The van der Waals surface area contributed by atoms with E-state index in [1.165, 1.54) is 0 Å². The lowest BCUT2D eigenvalue weighted by Gasteiger charge is -2.35. The number of halogens is 1. The summed E-state index contributed by atoms with van der Waals surface area (Å²) in [5, 5.41) is 6.04. The van der Waals surface area contributed by atoms with Gasteiger partial charge < -0.3 is 14.7 Å². The summed E-state index contributed by atoms with van der Waals surface area (Å²) in [7, 11) is 3.97. The summed E-state index contributed by atoms with van der Waals surface area (Å²) in [6.07, 6.45) is 3.35. The molecule has 0 aliphatic carbocycles. The van der Waals surface area contributed by atoms with Crippen molar-refractivity contribution < 1.29 is 4.79 Å². The molecule has 8 nitrogen and oxygen atoms in total. The van der Waals surface area contributed by atoms with Gasteiger partial charge in [0.05, 0.1) is 17.3 Å². The molecule has 168 valence electrons. The van der Waals surface area contributed by atoms with Gasteiger partial charge in [0, 0.05) is 56.5 Å². The van der Waals surface area contributed by atoms with Crippen molar-refractivity contribution in [2.45, 2.75) is 0 Å². The van der Waals surface area contributed by atoms with Crippen molar-refractivity contribution in [1.82, 2.24) is 24.6 Å². The van der Waals surface area contributed by atoms with Gasteiger partial charge in [-0.3, -0.25) is 4.79 Å². The van der Waals surface area contributed by atoms with Crippen LogP contribution < -0.4 is 9.80 Å². The number of piperazine rings is 1. The first-order chi connectivity index (χ1) is 16.0. The minimum absolute atomic E-state index is 0.0570. The number of carbonyl (C=O) groups is 1. The van der Waals surface area contributed by atoms with E-state index >= 15 is 0 Å². The van der Waals surface area contributed by atoms with Gasteiger partial charge in [0.15, 0.2) is 5.65 Å². The summed E-state index contributed by atoms with van der Waals surface area (Å²) in [6.45, 7) is 2.64. The van der Waals surface area contributed by atoms with Crippen LogP contribution in [0.1, 0.15) is 10.4 Å². The molecule has 5 rings (SSSR count). The number of carbonyl (C=O) groups excluding carboxylic acids is 1. The van der Waals surface area contributed by atoms with E-state index in [1.54, 1.807) is 17.2 Å². The van der Waals surface area contributed by atoms with Gasteiger partial charge in [-0.1, -0.05) is 17.7 Å². The molecule has 1 aliphatic heterocycles. The van der Waals surface area contributed by atoms with Gasteiger partial charge in [0.1, 0.15) is 12.1 Å². The van der Waals surface area contributed by atoms with Crippen LogP contribution in [-0.2, 0) is 0 Å². The third-order valence-corrected chi connectivity index (χ3v) is 6.13. The normalized spacial score (nSPS) is 14.0. The van der Waals surface area contributed by atoms with E-state index in [0.29, 0.717) is 36.8 Å². The Balaban J connectivity index is 1.33. The van der Waals surface area contributed by atoms with E-state index in [0.717, 1.165) is 28.2 Å². The van der Waals surface area contributed by atoms with Crippen LogP contribution in [0.25, 0.3) is 16.7 Å². The van der Waals surface area contributed by atoms with Crippen molar-refractivity contribution in [2.75, 3.05) is 50.1 Å². The summed E-state index contributed by atoms with van der Waals surface area (Å²) in [6, 6.07) is 15.2. The van der Waals surface area contributed by atoms with Gasteiger partial charge in [-0.25, -0.2) is 14.6 Å². The van der Waals surface area contributed by atoms with E-state index in [9.17, 15) is 4.79 Å². The molecule has 3 heterocycles. The van der Waals surface area contributed by atoms with Gasteiger partial charge in [-0.15, -0.1) is 0 Å². The number of hydrogen-bond donors (Lipinski definition) is 0. The number of rotatable bonds is 4. The van der Waals surface area contributed by atoms with Crippen molar-refractivity contribution >= 4 is 40.0 Å². The van der Waals surface area contributed by atoms with Crippen molar-refractivity contribution in [3.8, 4) is 5.69 Å². The largest absolute Gasteiger partial charge is 0.378 e. The fraction of sp³-hybridized carbons (Fsp3) is 0.250. The molecule has 1 amide bonds. The summed E-state index contributed by atoms with van der Waals surface area (Å²) in [5.41, 5.74) is 3.35. The third-order valence-electron chi connectivity index (χ3n) is 5.89. The maximum Gasteiger partial charge on any atom is 0.253 e. The minimum atomic E-state index is 0.0570. The summed E-state index contributed by atoms with van der Waals surface area (Å²) in [4.78, 5) is 28.1. The molecular formula is C24H24ClN7O. The lowest BCUT2D eigenvalue weighted by molar-refractivity contribution is 0.0746. The number of anilines is 2. The van der Waals surface area contributed by atoms with Crippen LogP contribution in [0.3, 0.4) is 0 Å². The predicted octanol–water partition coefficient (Wildman–Crippen LogP) is 3.50. The maximum absolute atomic E-state index is 13.0. The van der Waals surface area contributed by atoms with Crippen LogP contribution in [0.15, 0.2) is 61.1 Å². The molecule has 2 aromatic heterocycles. The Morgan fingerprint density at radius 2 is 1.76 bits per heavy atom. The quantitative estimate of drug-likeness (QED) is 0.463. The third kappa shape index (κ3) is 4.09. The topological polar surface area (TPSA) is 70.4 Å². The SMILES string of the molecule is CN(C)c1ccc(C(=O)N2CCN(c3ncnc4c3cnn4-c3cccc(Cl)c3)CC2)cc1. The molecule has 0 radical (unpaired) electrons. The minimum Gasteiger partial charge on any atom is -0.378 e. The molecule has 0 unspecified atom stereocenters. The Hall–Kier alpha value is -3.65. The van der Waals surface area contributed by atoms with Gasteiger partial charge in [0.2, 0.25) is 0 Å². The van der Waals surface area contributed by atoms with E-state index in [1.807, 2.05) is 72.4 Å². The zero-order valence-corrected chi connectivity index (χ0v) is 19.3. The molecule has 1 fully saturated rings. The summed E-state index contributed by atoms with van der Waals surface area (Å²) in [5.74, 6) is 0.886. The first-order valence-corrected chi connectivity index (χ1v) is 11.2. The lowest BCUT2D eigenvalue weighted by Crippen LogP contribution is -2.49. The number of benzene rings is 2. The Morgan fingerprint density at radius 1 is 1.00 bits per heavy atom. The van der Waals surface area contributed by atoms with Gasteiger partial charge in [-0.05, 0) is 42.5 Å². The van der Waals surface area contributed by atoms with Gasteiger partial charge in [0.25, 0.3) is 5.91 Å². The second-order valence-electron chi connectivity index (χ2n) is 8.19. The van der Waals surface area contributed by atoms with Crippen molar-refractivity contribution in [3.63, 3.8) is 0 Å². The molecule has 9 heteroatoms. The van der Waals surface area contributed by atoms with Gasteiger partial charge >= 0.3 is 0 Å². The first-order valence-electron chi connectivity index (χ1n) is 10.8. The highest BCUT2D eigenvalue weighted by molar-refractivity contribution is 6.30. The van der Waals surface area contributed by atoms with Crippen molar-refractivity contribution in [1.29, 1.82) is 0 Å². The number of aromatic nitrogens is 4. The van der Waals surface area contributed by atoms with Crippen LogP contribution >= 0.6 is 11.6 Å². The smallest absolute Gasteiger partial charge is 0.253 e. The molecule has 1 saturated heterocycles. The van der Waals surface area contributed by atoms with E-state index in [4.69, 9.17) is 11.6 Å². The standard InChI is InChI=1S/C24H24ClN7O/c1-29(2)19-8-6-17(7-9-19)24(33)31-12-10-30(11-13-31)22-21-15-28-32(23(21)27-16-26-22)20-5-3-4-18(25)14-20/h3-9,14-16H,10-13H2,1-2H3. The molecule has 0 bridgehead atoms. The molecule has 33 heavy (non-hydrogen) atoms. The molecule has 0 saturated carbocycles. The van der Waals surface area contributed by atoms with Crippen LogP contribution in [0.5, 0.6) is 0 Å². The van der Waals surface area contributed by atoms with E-state index < -0.39 is 0 Å². The Bertz CT molecular complexity index is 1290. The van der Waals surface area contributed by atoms with Crippen LogP contribution in [0.2, 0.25) is 5.02 Å². The number of nitrogens with zero attached hydrogens (tertiary/aromatic N) is 7. The molecule has 0 atom stereocenters. The fourth-order valence-corrected chi connectivity index (χ4v) is 4.27. The number of fused-ring (bicyclic) bond motifs is 1. The van der Waals surface area contributed by atoms with Gasteiger partial charge in [-0.2, -0.15) is 5.10 Å². The maximum atomic E-state index is 13.0. The van der Waals surface area contributed by atoms with Crippen molar-refractivity contribution in [3.05, 3.63) is 71.6 Å². The fourth-order valence-electron chi connectivity index (χ4n) is 4.09. The second kappa shape index (κ2) is 8.71. The molecular weight excluding hydrogens is 438 g/mol. The second-order valence-corrected chi connectivity index (χ2v) is 8.63. The first kappa shape index (κ1) is 21.2. The highest BCUT2D eigenvalue weighted by Crippen LogP contribution is 2.26. The summed E-state index contributed by atoms with van der Waals surface area (Å²) >= 11 is 6.15. The highest BCUT2D eigenvalue weighted by atomic mass is 35.5. The average molecular weight is 462 g/mol. The monoisotopic (exact) mass is 461 g/mol. The predicted molar refractivity (Wildman–Crippen MR) is 131 cm³/mol. The zero-order chi connectivity index (χ0) is 22.9. The molecule has 0 spiro atoms. The molecule has 1 aliphatic rings. The highest BCUT2D eigenvalue weighted by Gasteiger charge is 2.25. The number of hydrogen-bond acceptors (Lipinski definition) is 6. The Kier molecular flexibility index (Phi) is 5.60. The number of amides is 1. The van der Waals surface area contributed by atoms with E-state index in [-0.39, 0.29) is 5.91 Å². The molecule has 2 aromatic carbocycles. The average Bonchev–Trinajstić information content (AvgIpc) is 3.28. The summed E-state index contributed by atoms with van der Waals surface area (Å²) < 4.78 is 1.77. The Labute approximate surface area is 197 Å². The Morgan fingerprint density at radius 3 is 2.45 bits per heavy atom. The molecule has 4 aromatic rings. The van der Waals surface area contributed by atoms with E-state index in [2.05, 4.69) is 20.0 Å². The zero-order valence-electron chi connectivity index (χ0n) is 18.5. The lowest BCUT2D eigenvalue weighted by atomic mass is 10.1. The van der Waals surface area contributed by atoms with Crippen molar-refractivity contribution in [2.24, 2.45) is 0 Å². The van der Waals surface area contributed by atoms with Crippen LogP contribution in [0, 0.1) is 0 Å². The van der Waals surface area contributed by atoms with Crippen LogP contribution in [-0.4, -0.2) is 70.8 Å². The molecule has 0 N–H and O–H groups in total.